The Labute approximate surface area is 102 Å². The van der Waals surface area contributed by atoms with E-state index >= 15 is 0 Å². The second-order valence-electron chi connectivity index (χ2n) is 4.19. The molecule has 0 aliphatic carbocycles. The van der Waals surface area contributed by atoms with Crippen molar-refractivity contribution in [3.63, 3.8) is 0 Å². The lowest BCUT2D eigenvalue weighted by Gasteiger charge is -2.10. The number of nitrogens with zero attached hydrogens (tertiary/aromatic N) is 2. The molecule has 1 rings (SSSR count). The number of rotatable bonds is 6. The maximum Gasteiger partial charge on any atom is 0.221 e. The Hall–Kier alpha value is -0.830. The summed E-state index contributed by atoms with van der Waals surface area (Å²) in [5, 5.41) is 0.497. The first-order valence-electron chi connectivity index (χ1n) is 5.77. The highest BCUT2D eigenvalue weighted by molar-refractivity contribution is 6.30. The van der Waals surface area contributed by atoms with E-state index < -0.39 is 0 Å². The van der Waals surface area contributed by atoms with Gasteiger partial charge in [0.05, 0.1) is 12.2 Å². The van der Waals surface area contributed by atoms with E-state index in [1.165, 1.54) is 12.7 Å². The molecule has 0 aromatic carbocycles. The highest BCUT2D eigenvalue weighted by Gasteiger charge is 2.08. The number of hydrogen-bond donors (Lipinski definition) is 0. The monoisotopic (exact) mass is 242 g/mol. The van der Waals surface area contributed by atoms with E-state index in [2.05, 4.69) is 23.8 Å². The summed E-state index contributed by atoms with van der Waals surface area (Å²) < 4.78 is 5.62. The number of aromatic nitrogens is 2. The topological polar surface area (TPSA) is 35.0 Å². The third-order valence-electron chi connectivity index (χ3n) is 2.37. The predicted molar refractivity (Wildman–Crippen MR) is 66.0 cm³/mol. The van der Waals surface area contributed by atoms with E-state index in [1.807, 2.05) is 6.92 Å². The van der Waals surface area contributed by atoms with Crippen molar-refractivity contribution in [1.82, 2.24) is 9.97 Å². The number of halogens is 1. The second-order valence-corrected chi connectivity index (χ2v) is 4.54. The van der Waals surface area contributed by atoms with Gasteiger partial charge in [0.1, 0.15) is 11.5 Å². The van der Waals surface area contributed by atoms with Crippen LogP contribution in [0.1, 0.15) is 39.2 Å². The summed E-state index contributed by atoms with van der Waals surface area (Å²) in [5.74, 6) is 1.34. The fourth-order valence-corrected chi connectivity index (χ4v) is 1.72. The van der Waals surface area contributed by atoms with Gasteiger partial charge < -0.3 is 4.74 Å². The molecular formula is C12H19ClN2O. The molecule has 1 heterocycles. The van der Waals surface area contributed by atoms with Crippen molar-refractivity contribution in [2.45, 2.75) is 40.0 Å². The summed E-state index contributed by atoms with van der Waals surface area (Å²) in [6, 6.07) is 0. The van der Waals surface area contributed by atoms with Gasteiger partial charge in [-0.2, -0.15) is 0 Å². The minimum atomic E-state index is 0.497. The van der Waals surface area contributed by atoms with Gasteiger partial charge in [-0.15, -0.1) is 0 Å². The van der Waals surface area contributed by atoms with Gasteiger partial charge >= 0.3 is 0 Å². The van der Waals surface area contributed by atoms with Crippen molar-refractivity contribution in [2.24, 2.45) is 5.92 Å². The van der Waals surface area contributed by atoms with E-state index in [0.717, 1.165) is 18.4 Å². The van der Waals surface area contributed by atoms with Crippen LogP contribution in [0.3, 0.4) is 0 Å². The van der Waals surface area contributed by atoms with Crippen LogP contribution in [0.15, 0.2) is 6.33 Å². The van der Waals surface area contributed by atoms with E-state index in [9.17, 15) is 0 Å². The van der Waals surface area contributed by atoms with E-state index in [4.69, 9.17) is 16.3 Å². The van der Waals surface area contributed by atoms with Crippen molar-refractivity contribution in [2.75, 3.05) is 6.61 Å². The van der Waals surface area contributed by atoms with Crippen LogP contribution in [-0.4, -0.2) is 16.6 Å². The van der Waals surface area contributed by atoms with Crippen molar-refractivity contribution < 1.29 is 4.74 Å². The largest absolute Gasteiger partial charge is 0.477 e. The first-order valence-corrected chi connectivity index (χ1v) is 6.15. The summed E-state index contributed by atoms with van der Waals surface area (Å²) in [6.07, 6.45) is 4.45. The van der Waals surface area contributed by atoms with Crippen LogP contribution in [0.25, 0.3) is 0 Å². The Morgan fingerprint density at radius 3 is 2.75 bits per heavy atom. The average molecular weight is 243 g/mol. The molecule has 3 nitrogen and oxygen atoms in total. The van der Waals surface area contributed by atoms with Crippen molar-refractivity contribution in [3.05, 3.63) is 17.0 Å². The molecule has 0 amide bonds. The average Bonchev–Trinajstić information content (AvgIpc) is 2.24. The van der Waals surface area contributed by atoms with Gasteiger partial charge in [-0.05, 0) is 25.2 Å². The van der Waals surface area contributed by atoms with Crippen molar-refractivity contribution >= 4 is 11.6 Å². The summed E-state index contributed by atoms with van der Waals surface area (Å²) in [7, 11) is 0. The van der Waals surface area contributed by atoms with Crippen LogP contribution in [0.5, 0.6) is 5.88 Å². The zero-order chi connectivity index (χ0) is 12.0. The van der Waals surface area contributed by atoms with E-state index in [1.54, 1.807) is 0 Å². The normalized spacial score (nSPS) is 10.8. The first-order chi connectivity index (χ1) is 7.65. The standard InChI is InChI=1S/C12H19ClN2O/c1-4-10-11(13)14-8-15-12(10)16-7-5-6-9(2)3/h8-9H,4-7H2,1-3H3. The molecule has 90 valence electrons. The van der Waals surface area contributed by atoms with Crippen molar-refractivity contribution in [1.29, 1.82) is 0 Å². The highest BCUT2D eigenvalue weighted by Crippen LogP contribution is 2.22. The molecule has 0 saturated heterocycles. The Kier molecular flexibility index (Phi) is 5.53. The van der Waals surface area contributed by atoms with E-state index in [-0.39, 0.29) is 0 Å². The van der Waals surface area contributed by atoms with Crippen LogP contribution in [0, 0.1) is 5.92 Å². The zero-order valence-electron chi connectivity index (χ0n) is 10.2. The van der Waals surface area contributed by atoms with Gasteiger partial charge in [-0.25, -0.2) is 9.97 Å². The van der Waals surface area contributed by atoms with Crippen LogP contribution in [0.2, 0.25) is 5.15 Å². The Bertz CT molecular complexity index is 329. The molecule has 0 unspecified atom stereocenters. The minimum Gasteiger partial charge on any atom is -0.477 e. The molecule has 0 saturated carbocycles. The summed E-state index contributed by atoms with van der Waals surface area (Å²) in [4.78, 5) is 8.05. The Balaban J connectivity index is 2.50. The minimum absolute atomic E-state index is 0.497. The molecule has 1 aromatic rings. The Morgan fingerprint density at radius 2 is 2.12 bits per heavy atom. The van der Waals surface area contributed by atoms with Gasteiger partial charge in [0.25, 0.3) is 0 Å². The summed E-state index contributed by atoms with van der Waals surface area (Å²) in [5.41, 5.74) is 0.897. The molecule has 4 heteroatoms. The molecule has 16 heavy (non-hydrogen) atoms. The number of ether oxygens (including phenoxy) is 1. The SMILES string of the molecule is CCc1c(Cl)ncnc1OCCCC(C)C. The maximum atomic E-state index is 5.96. The first kappa shape index (κ1) is 13.2. The maximum absolute atomic E-state index is 5.96. The fourth-order valence-electron chi connectivity index (χ4n) is 1.46. The van der Waals surface area contributed by atoms with E-state index in [0.29, 0.717) is 23.6 Å². The van der Waals surface area contributed by atoms with Crippen LogP contribution in [-0.2, 0) is 6.42 Å². The number of hydrogen-bond acceptors (Lipinski definition) is 3. The highest BCUT2D eigenvalue weighted by atomic mass is 35.5. The van der Waals surface area contributed by atoms with Gasteiger partial charge in [0, 0.05) is 0 Å². The Morgan fingerprint density at radius 1 is 1.38 bits per heavy atom. The molecule has 0 aliphatic rings. The zero-order valence-corrected chi connectivity index (χ0v) is 10.9. The molecule has 0 fully saturated rings. The third kappa shape index (κ3) is 3.97. The van der Waals surface area contributed by atoms with Crippen LogP contribution < -0.4 is 4.74 Å². The molecule has 0 aliphatic heterocycles. The fraction of sp³-hybridized carbons (Fsp3) is 0.667. The summed E-state index contributed by atoms with van der Waals surface area (Å²) >= 11 is 5.96. The van der Waals surface area contributed by atoms with Crippen LogP contribution in [0.4, 0.5) is 0 Å². The molecule has 1 aromatic heterocycles. The third-order valence-corrected chi connectivity index (χ3v) is 2.70. The molecule has 0 atom stereocenters. The second kappa shape index (κ2) is 6.69. The quantitative estimate of drug-likeness (QED) is 0.566. The lowest BCUT2D eigenvalue weighted by molar-refractivity contribution is 0.284. The smallest absolute Gasteiger partial charge is 0.221 e. The molecule has 0 radical (unpaired) electrons. The van der Waals surface area contributed by atoms with Crippen LogP contribution >= 0.6 is 11.6 Å². The molecule has 0 bridgehead atoms. The molecule has 0 N–H and O–H groups in total. The van der Waals surface area contributed by atoms with Gasteiger partial charge in [-0.1, -0.05) is 32.4 Å². The van der Waals surface area contributed by atoms with Gasteiger partial charge in [-0.3, -0.25) is 0 Å². The molecule has 0 spiro atoms. The predicted octanol–water partition coefficient (Wildman–Crippen LogP) is 3.51. The lowest BCUT2D eigenvalue weighted by atomic mass is 10.1. The van der Waals surface area contributed by atoms with Gasteiger partial charge in [0.15, 0.2) is 0 Å². The van der Waals surface area contributed by atoms with Crippen molar-refractivity contribution in [3.8, 4) is 5.88 Å². The van der Waals surface area contributed by atoms with Gasteiger partial charge in [0.2, 0.25) is 5.88 Å². The molecular weight excluding hydrogens is 224 g/mol. The summed E-state index contributed by atoms with van der Waals surface area (Å²) in [6.45, 7) is 7.13. The lowest BCUT2D eigenvalue weighted by Crippen LogP contribution is -2.04.